The largest absolute Gasteiger partial charge is 0.469 e. The van der Waals surface area contributed by atoms with Crippen molar-refractivity contribution in [2.45, 2.75) is 55.6 Å². The Labute approximate surface area is 291 Å². The zero-order valence-corrected chi connectivity index (χ0v) is 28.8. The van der Waals surface area contributed by atoms with Crippen molar-refractivity contribution in [1.29, 1.82) is 0 Å². The van der Waals surface area contributed by atoms with Gasteiger partial charge in [-0.15, -0.1) is 0 Å². The molecule has 0 spiro atoms. The first kappa shape index (κ1) is 37.8. The third-order valence-corrected chi connectivity index (χ3v) is 10.2. The molecule has 0 amide bonds. The van der Waals surface area contributed by atoms with Crippen molar-refractivity contribution in [3.63, 3.8) is 0 Å². The van der Waals surface area contributed by atoms with Gasteiger partial charge < -0.3 is 50.2 Å². The van der Waals surface area contributed by atoms with E-state index >= 15 is 0 Å². The van der Waals surface area contributed by atoms with E-state index in [1.165, 1.54) is 42.8 Å². The monoisotopic (exact) mass is 775 g/mol. The molecule has 1 unspecified atom stereocenters. The number of fused-ring (bicyclic) bond motifs is 1. The Morgan fingerprint density at radius 1 is 0.981 bits per heavy atom. The van der Waals surface area contributed by atoms with Gasteiger partial charge in [0.1, 0.15) is 42.4 Å². The zero-order valence-electron chi connectivity index (χ0n) is 27.0. The molecule has 4 aromatic heterocycles. The van der Waals surface area contributed by atoms with E-state index in [0.717, 1.165) is 4.57 Å². The first-order valence-corrected chi connectivity index (χ1v) is 18.3. The summed E-state index contributed by atoms with van der Waals surface area (Å²) in [6, 6.07) is 1.28. The topological polar surface area (TPSA) is 351 Å². The Morgan fingerprint density at radius 3 is 2.42 bits per heavy atom. The molecule has 9 atom stereocenters. The van der Waals surface area contributed by atoms with Crippen LogP contribution < -0.4 is 27.8 Å². The molecule has 6 heterocycles. The number of phosphoric acid groups is 1. The second kappa shape index (κ2) is 15.2. The Bertz CT molecular complexity index is 2070. The summed E-state index contributed by atoms with van der Waals surface area (Å²) in [6.45, 7) is -1.35. The van der Waals surface area contributed by atoms with Gasteiger partial charge in [-0.2, -0.15) is 9.97 Å². The van der Waals surface area contributed by atoms with Crippen LogP contribution in [-0.4, -0.2) is 122 Å². The van der Waals surface area contributed by atoms with E-state index < -0.39 is 89.1 Å². The number of H-pyrrole nitrogens is 1. The second-order valence-electron chi connectivity index (χ2n) is 11.5. The molecule has 6 rings (SSSR count). The molecule has 4 aromatic rings. The van der Waals surface area contributed by atoms with Crippen LogP contribution in [-0.2, 0) is 43.5 Å². The van der Waals surface area contributed by atoms with E-state index in [-0.39, 0.29) is 36.0 Å². The number of nitrogens with two attached hydrogens (primary N) is 2. The molecule has 2 aliphatic rings. The lowest BCUT2D eigenvalue weighted by Crippen LogP contribution is -2.39. The number of aliphatic hydroxyl groups is 2. The Kier molecular flexibility index (Phi) is 11.0. The van der Waals surface area contributed by atoms with E-state index in [1.54, 1.807) is 10.8 Å². The number of anilines is 2. The summed E-state index contributed by atoms with van der Waals surface area (Å²) in [5, 5.41) is 24.2. The first-order chi connectivity index (χ1) is 24.7. The number of imidazole rings is 2. The molecule has 0 saturated carbocycles. The summed E-state index contributed by atoms with van der Waals surface area (Å²) in [5.74, 6) is -0.331. The summed E-state index contributed by atoms with van der Waals surface area (Å²) in [4.78, 5) is 61.8. The second-order valence-corrected chi connectivity index (χ2v) is 14.5. The van der Waals surface area contributed by atoms with Crippen LogP contribution in [0, 0.1) is 0 Å². The number of rotatable bonds is 15. The maximum absolute atomic E-state index is 14.5. The van der Waals surface area contributed by atoms with Crippen molar-refractivity contribution in [3.05, 3.63) is 58.1 Å². The van der Waals surface area contributed by atoms with E-state index in [2.05, 4.69) is 30.0 Å². The van der Waals surface area contributed by atoms with Crippen LogP contribution in [0.3, 0.4) is 0 Å². The van der Waals surface area contributed by atoms with Crippen molar-refractivity contribution < 1.29 is 56.9 Å². The molecular weight excluding hydrogens is 740 g/mol. The number of nitrogens with one attached hydrogen (secondary N) is 2. The summed E-state index contributed by atoms with van der Waals surface area (Å²) in [6.07, 6.45) is -4.48. The number of aromatic amines is 1. The number of aromatic nitrogens is 8. The highest BCUT2D eigenvalue weighted by molar-refractivity contribution is 7.51. The fourth-order valence-electron chi connectivity index (χ4n) is 5.64. The van der Waals surface area contributed by atoms with Gasteiger partial charge in [0.05, 0.1) is 25.9 Å². The van der Waals surface area contributed by atoms with Gasteiger partial charge in [0.15, 0.2) is 23.6 Å². The molecule has 0 radical (unpaired) electrons. The number of ether oxygens (including phenoxy) is 3. The van der Waals surface area contributed by atoms with Crippen LogP contribution in [0.4, 0.5) is 11.8 Å². The maximum Gasteiger partial charge on any atom is 0.469 e. The van der Waals surface area contributed by atoms with Gasteiger partial charge in [-0.1, -0.05) is 0 Å². The molecule has 25 nitrogen and oxygen atoms in total. The predicted molar refractivity (Wildman–Crippen MR) is 173 cm³/mol. The van der Waals surface area contributed by atoms with Crippen molar-refractivity contribution in [2.24, 2.45) is 0 Å². The van der Waals surface area contributed by atoms with Gasteiger partial charge in [-0.05, 0) is 6.07 Å². The average molecular weight is 776 g/mol. The van der Waals surface area contributed by atoms with Gasteiger partial charge in [0.25, 0.3) is 5.56 Å². The molecule has 0 bridgehead atoms. The number of hydrogen-bond donors (Lipinski definition) is 8. The van der Waals surface area contributed by atoms with Gasteiger partial charge in [0.2, 0.25) is 5.95 Å². The van der Waals surface area contributed by atoms with Crippen molar-refractivity contribution in [1.82, 2.24) is 43.7 Å². The van der Waals surface area contributed by atoms with Crippen LogP contribution in [0.25, 0.3) is 11.2 Å². The summed E-state index contributed by atoms with van der Waals surface area (Å²) in [7, 11) is -8.43. The van der Waals surface area contributed by atoms with E-state index in [1.807, 2.05) is 0 Å². The van der Waals surface area contributed by atoms with Crippen LogP contribution in [0.1, 0.15) is 12.5 Å². The minimum atomic E-state index is -5.08. The Hall–Kier alpha value is -3.94. The van der Waals surface area contributed by atoms with Crippen molar-refractivity contribution in [2.75, 3.05) is 38.3 Å². The average Bonchev–Trinajstić information content (AvgIpc) is 3.87. The molecule has 2 saturated heterocycles. The fourth-order valence-corrected chi connectivity index (χ4v) is 7.50. The lowest BCUT2D eigenvalue weighted by atomic mass is 10.1. The smallest absolute Gasteiger partial charge is 0.387 e. The summed E-state index contributed by atoms with van der Waals surface area (Å²) < 4.78 is 64.0. The maximum atomic E-state index is 14.5. The Morgan fingerprint density at radius 2 is 1.73 bits per heavy atom. The number of hydrogen-bond acceptors (Lipinski definition) is 18. The van der Waals surface area contributed by atoms with E-state index in [0.29, 0.717) is 0 Å². The van der Waals surface area contributed by atoms with Crippen LogP contribution in [0.2, 0.25) is 0 Å². The third kappa shape index (κ3) is 8.16. The SMILES string of the molecule is CO[C@@H]1[C@H](OP(=O)(NCCn2ccnc2)OC[C@H]2O[C@@H](n3ccc(N)nc3=O)[C@H](O)[C@@H]2O)[C@@H](COP(=O)(O)O)O[C@H]1n1cnc2c(=O)[nH]c(N)nc21. The molecule has 0 aliphatic carbocycles. The molecule has 2 fully saturated rings. The number of nitrogens with zero attached hydrogens (tertiary/aromatic N) is 7. The zero-order chi connectivity index (χ0) is 37.4. The predicted octanol–water partition coefficient (Wildman–Crippen LogP) is -2.82. The highest BCUT2D eigenvalue weighted by atomic mass is 31.2. The minimum Gasteiger partial charge on any atom is -0.387 e. The van der Waals surface area contributed by atoms with Crippen LogP contribution in [0.5, 0.6) is 0 Å². The summed E-state index contributed by atoms with van der Waals surface area (Å²) in [5.41, 5.74) is 9.59. The standard InChI is InChI=1S/C25H35N11O14P2/c1-45-19-18(13(9-47-52(42,43)44)49-23(19)36-11-29-15-20(36)32-24(27)33-21(15)39)50-51(41,30-4-7-34-6-3-28-10-34)46-8-12-16(37)17(38)22(48-12)35-5-2-14(26)31-25(35)40/h2-3,5-6,10-13,16-19,22-23,37-38H,4,7-9H2,1H3,(H,30,41)(H2,26,31,40)(H2,42,43,44)(H3,27,32,33,39)/t12-,13-,16-,17-,18-,19-,22-,23-,51?/m1/s1. The first-order valence-electron chi connectivity index (χ1n) is 15.3. The van der Waals surface area contributed by atoms with Gasteiger partial charge in [-0.3, -0.25) is 32.5 Å². The minimum absolute atomic E-state index is 0.0441. The number of methoxy groups -OCH3 is 1. The van der Waals surface area contributed by atoms with E-state index in [4.69, 9.17) is 39.2 Å². The normalized spacial score (nSPS) is 27.7. The number of nitrogen functional groups attached to an aromatic ring is 2. The molecule has 0 aromatic carbocycles. The molecule has 2 aliphatic heterocycles. The van der Waals surface area contributed by atoms with E-state index in [9.17, 15) is 38.7 Å². The van der Waals surface area contributed by atoms with Crippen molar-refractivity contribution >= 4 is 38.5 Å². The Balaban J connectivity index is 1.28. The van der Waals surface area contributed by atoms with Crippen LogP contribution >= 0.6 is 15.6 Å². The molecule has 52 heavy (non-hydrogen) atoms. The van der Waals surface area contributed by atoms with Crippen LogP contribution in [0.15, 0.2) is 46.9 Å². The molecule has 10 N–H and O–H groups in total. The lowest BCUT2D eigenvalue weighted by Gasteiger charge is -2.29. The number of aliphatic hydroxyl groups excluding tert-OH is 2. The summed E-state index contributed by atoms with van der Waals surface area (Å²) >= 11 is 0. The highest BCUT2D eigenvalue weighted by Crippen LogP contribution is 2.50. The lowest BCUT2D eigenvalue weighted by molar-refractivity contribution is -0.0578. The van der Waals surface area contributed by atoms with Gasteiger partial charge in [-0.25, -0.2) is 29.0 Å². The molecular formula is C25H35N11O14P2. The molecule has 27 heteroatoms. The highest BCUT2D eigenvalue weighted by Gasteiger charge is 2.52. The van der Waals surface area contributed by atoms with Crippen molar-refractivity contribution in [3.8, 4) is 0 Å². The van der Waals surface area contributed by atoms with Gasteiger partial charge in [0, 0.05) is 38.8 Å². The number of phosphoric ester groups is 1. The fraction of sp³-hybridized carbons (Fsp3) is 0.520. The quantitative estimate of drug-likeness (QED) is 0.0564. The third-order valence-electron chi connectivity index (χ3n) is 8.06. The van der Waals surface area contributed by atoms with Gasteiger partial charge >= 0.3 is 21.3 Å². The molecule has 284 valence electrons.